The van der Waals surface area contributed by atoms with Gasteiger partial charge in [-0.25, -0.2) is 0 Å². The first-order chi connectivity index (χ1) is 15.5. The van der Waals surface area contributed by atoms with Gasteiger partial charge in [-0.1, -0.05) is 49.4 Å². The zero-order valence-electron chi connectivity index (χ0n) is 17.7. The van der Waals surface area contributed by atoms with Crippen LogP contribution in [0.1, 0.15) is 44.7 Å². The van der Waals surface area contributed by atoms with Crippen molar-refractivity contribution >= 4 is 11.8 Å². The van der Waals surface area contributed by atoms with Gasteiger partial charge in [0.2, 0.25) is 0 Å². The molecule has 8 heteroatoms. The Bertz CT molecular complexity index is 1220. The minimum atomic E-state index is -0.432. The molecule has 1 aromatic heterocycles. The molecule has 8 nitrogen and oxygen atoms in total. The number of hydrogen-bond acceptors (Lipinski definition) is 6. The normalized spacial score (nSPS) is 22.4. The standard InChI is InChI=1S/C24H23N5O3/c1-15-12-25-14-24(15,11-16-7-3-2-4-8-16)23-26-20(30)19(27-28-23)13-29-21(31)17-9-5-6-10-18(17)22(29)32/h2-10,15,25H,11-14H2,1H3,(H,26,28,30)/t15-,24-/m1/s1. The van der Waals surface area contributed by atoms with E-state index in [0.29, 0.717) is 29.9 Å². The summed E-state index contributed by atoms with van der Waals surface area (Å²) in [5, 5.41) is 12.0. The van der Waals surface area contributed by atoms with Crippen molar-refractivity contribution in [2.24, 2.45) is 5.92 Å². The fraction of sp³-hybridized carbons (Fsp3) is 0.292. The Morgan fingerprint density at radius 2 is 1.62 bits per heavy atom. The molecule has 2 N–H and O–H groups in total. The Kier molecular flexibility index (Phi) is 4.94. The lowest BCUT2D eigenvalue weighted by Gasteiger charge is -2.31. The average Bonchev–Trinajstić information content (AvgIpc) is 3.29. The molecule has 0 spiro atoms. The molecule has 0 bridgehead atoms. The average molecular weight is 429 g/mol. The monoisotopic (exact) mass is 429 g/mol. The first kappa shape index (κ1) is 20.3. The number of rotatable bonds is 5. The fourth-order valence-corrected chi connectivity index (χ4v) is 4.70. The number of carbonyl (C=O) groups excluding carboxylic acids is 2. The van der Waals surface area contributed by atoms with E-state index in [1.54, 1.807) is 24.3 Å². The van der Waals surface area contributed by atoms with Crippen molar-refractivity contribution in [3.8, 4) is 0 Å². The van der Waals surface area contributed by atoms with Crippen molar-refractivity contribution in [2.75, 3.05) is 13.1 Å². The molecule has 5 rings (SSSR count). The number of hydrogen-bond donors (Lipinski definition) is 2. The van der Waals surface area contributed by atoms with Crippen molar-refractivity contribution < 1.29 is 9.59 Å². The topological polar surface area (TPSA) is 108 Å². The van der Waals surface area contributed by atoms with Crippen LogP contribution in [0, 0.1) is 5.92 Å². The summed E-state index contributed by atoms with van der Waals surface area (Å²) >= 11 is 0. The van der Waals surface area contributed by atoms with E-state index in [9.17, 15) is 14.4 Å². The van der Waals surface area contributed by atoms with E-state index in [0.717, 1.165) is 17.0 Å². The number of aromatic nitrogens is 3. The molecule has 162 valence electrons. The highest BCUT2D eigenvalue weighted by Crippen LogP contribution is 2.36. The van der Waals surface area contributed by atoms with Crippen LogP contribution in [-0.2, 0) is 18.4 Å². The molecule has 2 aliphatic heterocycles. The van der Waals surface area contributed by atoms with Crippen LogP contribution in [0.2, 0.25) is 0 Å². The number of nitrogens with zero attached hydrogens (tertiary/aromatic N) is 3. The first-order valence-electron chi connectivity index (χ1n) is 10.7. The molecule has 2 atom stereocenters. The van der Waals surface area contributed by atoms with Crippen LogP contribution in [0.25, 0.3) is 0 Å². The second kappa shape index (κ2) is 7.80. The molecule has 32 heavy (non-hydrogen) atoms. The number of nitrogens with one attached hydrogen (secondary N) is 2. The lowest BCUT2D eigenvalue weighted by molar-refractivity contribution is 0.0639. The summed E-state index contributed by atoms with van der Waals surface area (Å²) in [6.07, 6.45) is 0.713. The smallest absolute Gasteiger partial charge is 0.274 e. The number of H-pyrrole nitrogens is 1. The summed E-state index contributed by atoms with van der Waals surface area (Å²) in [6, 6.07) is 16.7. The van der Waals surface area contributed by atoms with Gasteiger partial charge in [0.05, 0.1) is 23.1 Å². The lowest BCUT2D eigenvalue weighted by Crippen LogP contribution is -2.41. The zero-order valence-corrected chi connectivity index (χ0v) is 17.7. The van der Waals surface area contributed by atoms with Crippen LogP contribution in [-0.4, -0.2) is 45.0 Å². The molecule has 3 aromatic rings. The lowest BCUT2D eigenvalue weighted by atomic mass is 9.73. The number of aromatic amines is 1. The van der Waals surface area contributed by atoms with Crippen LogP contribution in [0.3, 0.4) is 0 Å². The van der Waals surface area contributed by atoms with Crippen molar-refractivity contribution in [3.05, 3.63) is 93.2 Å². The maximum Gasteiger partial charge on any atom is 0.274 e. The van der Waals surface area contributed by atoms with Gasteiger partial charge in [-0.3, -0.25) is 19.3 Å². The highest BCUT2D eigenvalue weighted by atomic mass is 16.2. The van der Waals surface area contributed by atoms with Gasteiger partial charge in [-0.05, 0) is 36.6 Å². The molecule has 1 fully saturated rings. The van der Waals surface area contributed by atoms with E-state index < -0.39 is 22.8 Å². The van der Waals surface area contributed by atoms with Crippen molar-refractivity contribution in [1.82, 2.24) is 25.4 Å². The van der Waals surface area contributed by atoms with E-state index in [4.69, 9.17) is 0 Å². The molecule has 3 heterocycles. The highest BCUT2D eigenvalue weighted by Gasteiger charge is 2.44. The van der Waals surface area contributed by atoms with E-state index in [2.05, 4.69) is 39.6 Å². The summed E-state index contributed by atoms with van der Waals surface area (Å²) in [6.45, 7) is 3.41. The third-order valence-electron chi connectivity index (χ3n) is 6.62. The van der Waals surface area contributed by atoms with Crippen molar-refractivity contribution in [3.63, 3.8) is 0 Å². The summed E-state index contributed by atoms with van der Waals surface area (Å²) in [5.74, 6) is -0.0974. The number of amides is 2. The number of fused-ring (bicyclic) bond motifs is 1. The Labute approximate surface area is 184 Å². The molecule has 2 amide bonds. The van der Waals surface area contributed by atoms with Crippen LogP contribution >= 0.6 is 0 Å². The molecule has 0 saturated carbocycles. The number of benzene rings is 2. The first-order valence-corrected chi connectivity index (χ1v) is 10.7. The van der Waals surface area contributed by atoms with Gasteiger partial charge in [0, 0.05) is 6.54 Å². The molecular formula is C24H23N5O3. The summed E-state index contributed by atoms with van der Waals surface area (Å²) in [4.78, 5) is 42.2. The van der Waals surface area contributed by atoms with Gasteiger partial charge in [-0.15, -0.1) is 10.2 Å². The summed E-state index contributed by atoms with van der Waals surface area (Å²) in [7, 11) is 0. The Morgan fingerprint density at radius 3 is 2.22 bits per heavy atom. The number of carbonyl (C=O) groups is 2. The Balaban J connectivity index is 1.45. The molecule has 0 radical (unpaired) electrons. The van der Waals surface area contributed by atoms with Crippen LogP contribution in [0.15, 0.2) is 59.4 Å². The summed E-state index contributed by atoms with van der Waals surface area (Å²) in [5.41, 5.74) is 1.04. The molecule has 2 aromatic carbocycles. The van der Waals surface area contributed by atoms with Crippen LogP contribution in [0.4, 0.5) is 0 Å². The summed E-state index contributed by atoms with van der Waals surface area (Å²) < 4.78 is 0. The van der Waals surface area contributed by atoms with Gasteiger partial charge in [-0.2, -0.15) is 0 Å². The minimum absolute atomic E-state index is 0.0386. The van der Waals surface area contributed by atoms with E-state index in [1.807, 2.05) is 18.2 Å². The zero-order chi connectivity index (χ0) is 22.3. The predicted octanol–water partition coefficient (Wildman–Crippen LogP) is 1.68. The predicted molar refractivity (Wildman–Crippen MR) is 117 cm³/mol. The van der Waals surface area contributed by atoms with Gasteiger partial charge >= 0.3 is 0 Å². The van der Waals surface area contributed by atoms with E-state index in [-0.39, 0.29) is 18.2 Å². The minimum Gasteiger partial charge on any atom is -0.315 e. The van der Waals surface area contributed by atoms with Gasteiger partial charge in [0.1, 0.15) is 11.5 Å². The second-order valence-electron chi connectivity index (χ2n) is 8.54. The molecule has 0 aliphatic carbocycles. The van der Waals surface area contributed by atoms with Crippen LogP contribution < -0.4 is 10.9 Å². The van der Waals surface area contributed by atoms with Crippen LogP contribution in [0.5, 0.6) is 0 Å². The third-order valence-corrected chi connectivity index (χ3v) is 6.62. The molecule has 2 aliphatic rings. The highest BCUT2D eigenvalue weighted by molar-refractivity contribution is 6.21. The maximum atomic E-state index is 12.9. The third kappa shape index (κ3) is 3.23. The molecular weight excluding hydrogens is 406 g/mol. The SMILES string of the molecule is C[C@@H]1CNC[C@@]1(Cc1ccccc1)c1nnc(CN2C(=O)c3ccccc3C2=O)c(=O)[nH]1. The van der Waals surface area contributed by atoms with Gasteiger partial charge < -0.3 is 10.3 Å². The molecule has 1 saturated heterocycles. The quantitative estimate of drug-likeness (QED) is 0.598. The largest absolute Gasteiger partial charge is 0.315 e. The fourth-order valence-electron chi connectivity index (χ4n) is 4.70. The van der Waals surface area contributed by atoms with Crippen molar-refractivity contribution in [1.29, 1.82) is 0 Å². The Hall–Kier alpha value is -3.65. The molecule has 0 unspecified atom stereocenters. The number of imide groups is 1. The van der Waals surface area contributed by atoms with E-state index >= 15 is 0 Å². The second-order valence-corrected chi connectivity index (χ2v) is 8.54. The van der Waals surface area contributed by atoms with Crippen molar-refractivity contribution in [2.45, 2.75) is 25.3 Å². The van der Waals surface area contributed by atoms with Gasteiger partial charge in [0.15, 0.2) is 0 Å². The van der Waals surface area contributed by atoms with E-state index in [1.165, 1.54) is 0 Å². The Morgan fingerprint density at radius 1 is 0.969 bits per heavy atom. The maximum absolute atomic E-state index is 12.9. The van der Waals surface area contributed by atoms with Gasteiger partial charge in [0.25, 0.3) is 17.4 Å².